The summed E-state index contributed by atoms with van der Waals surface area (Å²) in [6.07, 6.45) is 1.73. The number of nitrogens with one attached hydrogen (secondary N) is 1. The first kappa shape index (κ1) is 17.1. The van der Waals surface area contributed by atoms with E-state index in [2.05, 4.69) is 4.72 Å². The summed E-state index contributed by atoms with van der Waals surface area (Å²) < 4.78 is 32.6. The number of benzene rings is 1. The van der Waals surface area contributed by atoms with Crippen LogP contribution in [0.1, 0.15) is 29.1 Å². The van der Waals surface area contributed by atoms with Crippen molar-refractivity contribution in [1.82, 2.24) is 4.72 Å². The molecule has 0 spiro atoms. The molecule has 0 radical (unpaired) electrons. The van der Waals surface area contributed by atoms with Crippen molar-refractivity contribution >= 4 is 21.6 Å². The summed E-state index contributed by atoms with van der Waals surface area (Å²) in [5, 5.41) is 0. The van der Waals surface area contributed by atoms with Gasteiger partial charge in [-0.15, -0.1) is 11.6 Å². The van der Waals surface area contributed by atoms with E-state index in [1.807, 2.05) is 32.0 Å². The zero-order chi connectivity index (χ0) is 16.2. The van der Waals surface area contributed by atoms with Gasteiger partial charge in [0.2, 0.25) is 10.0 Å². The van der Waals surface area contributed by atoms with E-state index in [-0.39, 0.29) is 11.4 Å². The summed E-state index contributed by atoms with van der Waals surface area (Å²) in [7, 11) is -3.52. The van der Waals surface area contributed by atoms with Crippen molar-refractivity contribution in [2.75, 3.05) is 5.88 Å². The average Bonchev–Trinajstić information content (AvgIpc) is 2.81. The Balaban J connectivity index is 2.05. The van der Waals surface area contributed by atoms with Crippen LogP contribution in [0.4, 0.5) is 0 Å². The van der Waals surface area contributed by atoms with Gasteiger partial charge in [0, 0.05) is 18.0 Å². The van der Waals surface area contributed by atoms with E-state index in [4.69, 9.17) is 16.0 Å². The highest BCUT2D eigenvalue weighted by molar-refractivity contribution is 7.89. The fraction of sp³-hybridized carbons (Fsp3) is 0.375. The highest BCUT2D eigenvalue weighted by atomic mass is 35.5. The Morgan fingerprint density at radius 1 is 1.18 bits per heavy atom. The van der Waals surface area contributed by atoms with Gasteiger partial charge in [-0.05, 0) is 50.5 Å². The quantitative estimate of drug-likeness (QED) is 0.783. The number of hydrogen-bond acceptors (Lipinski definition) is 3. The Morgan fingerprint density at radius 3 is 2.41 bits per heavy atom. The van der Waals surface area contributed by atoms with Crippen LogP contribution in [0.2, 0.25) is 0 Å². The highest BCUT2D eigenvalue weighted by Crippen LogP contribution is 2.16. The van der Waals surface area contributed by atoms with Crippen molar-refractivity contribution in [3.05, 3.63) is 53.0 Å². The normalized spacial score (nSPS) is 11.8. The molecule has 0 saturated carbocycles. The van der Waals surface area contributed by atoms with Crippen molar-refractivity contribution in [2.24, 2.45) is 0 Å². The molecule has 1 aromatic heterocycles. The summed E-state index contributed by atoms with van der Waals surface area (Å²) in [6.45, 7) is 3.88. The van der Waals surface area contributed by atoms with Crippen molar-refractivity contribution in [3.63, 3.8) is 0 Å². The smallest absolute Gasteiger partial charge is 0.240 e. The molecule has 22 heavy (non-hydrogen) atoms. The molecule has 1 heterocycles. The first-order chi connectivity index (χ1) is 10.4. The minimum Gasteiger partial charge on any atom is -0.466 e. The molecule has 0 bridgehead atoms. The lowest BCUT2D eigenvalue weighted by Crippen LogP contribution is -2.23. The van der Waals surface area contributed by atoms with E-state index in [9.17, 15) is 8.42 Å². The van der Waals surface area contributed by atoms with Gasteiger partial charge in [-0.25, -0.2) is 13.1 Å². The molecule has 0 amide bonds. The van der Waals surface area contributed by atoms with Crippen molar-refractivity contribution < 1.29 is 12.8 Å². The van der Waals surface area contributed by atoms with Crippen LogP contribution < -0.4 is 4.72 Å². The number of aryl methyl sites for hydroxylation is 3. The maximum Gasteiger partial charge on any atom is 0.240 e. The van der Waals surface area contributed by atoms with Crippen LogP contribution in [0.15, 0.2) is 39.6 Å². The second kappa shape index (κ2) is 7.31. The number of furan rings is 1. The number of alkyl halides is 1. The van der Waals surface area contributed by atoms with Crippen LogP contribution in [0, 0.1) is 13.8 Å². The molecule has 0 unspecified atom stereocenters. The summed E-state index contributed by atoms with van der Waals surface area (Å²) in [4.78, 5) is 0.264. The Labute approximate surface area is 136 Å². The number of sulfonamides is 1. The molecular formula is C16H20ClNO3S. The average molecular weight is 342 g/mol. The van der Waals surface area contributed by atoms with Crippen LogP contribution >= 0.6 is 11.6 Å². The Hall–Kier alpha value is -1.30. The molecule has 0 saturated heterocycles. The fourth-order valence-corrected chi connectivity index (χ4v) is 3.36. The molecule has 2 aromatic rings. The summed E-state index contributed by atoms with van der Waals surface area (Å²) in [6, 6.07) is 8.74. The van der Waals surface area contributed by atoms with E-state index < -0.39 is 10.0 Å². The van der Waals surface area contributed by atoms with E-state index in [0.29, 0.717) is 5.88 Å². The first-order valence-corrected chi connectivity index (χ1v) is 9.14. The van der Waals surface area contributed by atoms with Crippen LogP contribution in [-0.4, -0.2) is 14.3 Å². The van der Waals surface area contributed by atoms with Crippen molar-refractivity contribution in [1.29, 1.82) is 0 Å². The predicted octanol–water partition coefficient (Wildman–Crippen LogP) is 3.55. The van der Waals surface area contributed by atoms with Gasteiger partial charge in [0.25, 0.3) is 0 Å². The molecule has 6 heteroatoms. The third-order valence-corrected chi connectivity index (χ3v) is 5.11. The molecular weight excluding hydrogens is 322 g/mol. The molecule has 120 valence electrons. The lowest BCUT2D eigenvalue weighted by atomic mass is 10.1. The van der Waals surface area contributed by atoms with Gasteiger partial charge in [-0.2, -0.15) is 0 Å². The SMILES string of the molecule is Cc1cc(CNS(=O)(=O)c2ccc(CCCCl)cc2)c(C)o1. The standard InChI is InChI=1S/C16H20ClNO3S/c1-12-10-15(13(2)21-12)11-18-22(19,20)16-7-5-14(6-8-16)4-3-9-17/h5-8,10,18H,3-4,9,11H2,1-2H3. The molecule has 2 rings (SSSR count). The Morgan fingerprint density at radius 2 is 1.86 bits per heavy atom. The van der Waals surface area contributed by atoms with Crippen LogP contribution in [0.5, 0.6) is 0 Å². The maximum atomic E-state index is 12.3. The molecule has 0 aliphatic rings. The van der Waals surface area contributed by atoms with Gasteiger partial charge in [0.05, 0.1) is 4.90 Å². The lowest BCUT2D eigenvalue weighted by Gasteiger charge is -2.07. The summed E-state index contributed by atoms with van der Waals surface area (Å²) >= 11 is 5.66. The number of hydrogen-bond donors (Lipinski definition) is 1. The zero-order valence-corrected chi connectivity index (χ0v) is 14.3. The highest BCUT2D eigenvalue weighted by Gasteiger charge is 2.15. The predicted molar refractivity (Wildman–Crippen MR) is 87.7 cm³/mol. The van der Waals surface area contributed by atoms with Gasteiger partial charge in [-0.1, -0.05) is 12.1 Å². The van der Waals surface area contributed by atoms with E-state index in [1.54, 1.807) is 12.1 Å². The second-order valence-corrected chi connectivity index (χ2v) is 7.34. The summed E-state index contributed by atoms with van der Waals surface area (Å²) in [5.74, 6) is 2.11. The molecule has 0 atom stereocenters. The summed E-state index contributed by atoms with van der Waals surface area (Å²) in [5.41, 5.74) is 1.93. The van der Waals surface area contributed by atoms with Gasteiger partial charge >= 0.3 is 0 Å². The first-order valence-electron chi connectivity index (χ1n) is 7.13. The maximum absolute atomic E-state index is 12.3. The van der Waals surface area contributed by atoms with Crippen LogP contribution in [-0.2, 0) is 23.0 Å². The van der Waals surface area contributed by atoms with Gasteiger partial charge in [0.1, 0.15) is 11.5 Å². The second-order valence-electron chi connectivity index (χ2n) is 5.20. The van der Waals surface area contributed by atoms with E-state index >= 15 is 0 Å². The minimum atomic E-state index is -3.52. The molecule has 1 aromatic carbocycles. The molecule has 0 aliphatic heterocycles. The number of rotatable bonds is 7. The topological polar surface area (TPSA) is 59.3 Å². The van der Waals surface area contributed by atoms with Crippen molar-refractivity contribution in [2.45, 2.75) is 38.1 Å². The minimum absolute atomic E-state index is 0.222. The monoisotopic (exact) mass is 341 g/mol. The van der Waals surface area contributed by atoms with Gasteiger partial charge in [0.15, 0.2) is 0 Å². The Kier molecular flexibility index (Phi) is 5.67. The molecule has 0 aliphatic carbocycles. The van der Waals surface area contributed by atoms with Gasteiger partial charge < -0.3 is 4.42 Å². The van der Waals surface area contributed by atoms with E-state index in [1.165, 1.54) is 0 Å². The van der Waals surface area contributed by atoms with E-state index in [0.717, 1.165) is 35.5 Å². The zero-order valence-electron chi connectivity index (χ0n) is 12.7. The lowest BCUT2D eigenvalue weighted by molar-refractivity contribution is 0.500. The number of halogens is 1. The van der Waals surface area contributed by atoms with Crippen LogP contribution in [0.25, 0.3) is 0 Å². The Bertz CT molecular complexity index is 720. The molecule has 0 fully saturated rings. The third kappa shape index (κ3) is 4.35. The third-order valence-electron chi connectivity index (χ3n) is 3.43. The largest absolute Gasteiger partial charge is 0.466 e. The fourth-order valence-electron chi connectivity index (χ4n) is 2.22. The van der Waals surface area contributed by atoms with Gasteiger partial charge in [-0.3, -0.25) is 0 Å². The van der Waals surface area contributed by atoms with Crippen molar-refractivity contribution in [3.8, 4) is 0 Å². The molecule has 4 nitrogen and oxygen atoms in total. The van der Waals surface area contributed by atoms with Crippen LogP contribution in [0.3, 0.4) is 0 Å². The molecule has 1 N–H and O–H groups in total.